The van der Waals surface area contributed by atoms with Crippen molar-refractivity contribution in [3.8, 4) is 11.8 Å². The molecule has 0 aliphatic rings. The molecule has 1 aromatic heterocycles. The summed E-state index contributed by atoms with van der Waals surface area (Å²) in [6, 6.07) is 3.75. The fourth-order valence-electron chi connectivity index (χ4n) is 1.58. The molecule has 1 N–H and O–H groups in total. The number of aromatic amines is 1. The minimum Gasteiger partial charge on any atom is -0.273 e. The first-order chi connectivity index (χ1) is 8.95. The lowest BCUT2D eigenvalue weighted by atomic mass is 10.2. The highest BCUT2D eigenvalue weighted by atomic mass is 19.1. The summed E-state index contributed by atoms with van der Waals surface area (Å²) in [5.74, 6) is -1.90. The number of H-pyrrole nitrogens is 1. The SMILES string of the molecule is Cc1ccc(F)c(-n2cc(C#N)c(=O)[nH]c2=O)c1F. The van der Waals surface area contributed by atoms with Gasteiger partial charge in [-0.1, -0.05) is 6.07 Å². The molecule has 0 saturated carbocycles. The van der Waals surface area contributed by atoms with E-state index in [1.54, 1.807) is 0 Å². The second kappa shape index (κ2) is 4.49. The summed E-state index contributed by atoms with van der Waals surface area (Å²) >= 11 is 0. The van der Waals surface area contributed by atoms with Gasteiger partial charge >= 0.3 is 5.69 Å². The molecular weight excluding hydrogens is 256 g/mol. The predicted molar refractivity (Wildman–Crippen MR) is 62.0 cm³/mol. The number of benzene rings is 1. The van der Waals surface area contributed by atoms with Crippen LogP contribution >= 0.6 is 0 Å². The Bertz CT molecular complexity index is 815. The number of aromatic nitrogens is 2. The van der Waals surface area contributed by atoms with Crippen molar-refractivity contribution in [1.82, 2.24) is 9.55 Å². The summed E-state index contributed by atoms with van der Waals surface area (Å²) in [7, 11) is 0. The van der Waals surface area contributed by atoms with Crippen LogP contribution in [0, 0.1) is 29.9 Å². The molecule has 0 atom stereocenters. The highest BCUT2D eigenvalue weighted by Gasteiger charge is 2.16. The van der Waals surface area contributed by atoms with Crippen LogP contribution in [-0.2, 0) is 0 Å². The van der Waals surface area contributed by atoms with Crippen molar-refractivity contribution in [3.05, 3.63) is 61.9 Å². The maximum absolute atomic E-state index is 13.9. The second-order valence-electron chi connectivity index (χ2n) is 3.81. The Labute approximate surface area is 105 Å². The second-order valence-corrected chi connectivity index (χ2v) is 3.81. The lowest BCUT2D eigenvalue weighted by Gasteiger charge is -2.09. The maximum atomic E-state index is 13.9. The zero-order chi connectivity index (χ0) is 14.2. The third kappa shape index (κ3) is 2.04. The molecule has 0 fully saturated rings. The number of halogens is 2. The largest absolute Gasteiger partial charge is 0.333 e. The van der Waals surface area contributed by atoms with Crippen LogP contribution in [0.4, 0.5) is 8.78 Å². The minimum atomic E-state index is -1.02. The van der Waals surface area contributed by atoms with E-state index in [9.17, 15) is 18.4 Å². The first-order valence-corrected chi connectivity index (χ1v) is 5.16. The fraction of sp³-hybridized carbons (Fsp3) is 0.0833. The Hall–Kier alpha value is -2.75. The van der Waals surface area contributed by atoms with Gasteiger partial charge in [0, 0.05) is 6.20 Å². The highest BCUT2D eigenvalue weighted by Crippen LogP contribution is 2.19. The number of hydrogen-bond acceptors (Lipinski definition) is 3. The van der Waals surface area contributed by atoms with E-state index in [0.717, 1.165) is 12.3 Å². The first-order valence-electron chi connectivity index (χ1n) is 5.16. The number of nitrogens with zero attached hydrogens (tertiary/aromatic N) is 2. The van der Waals surface area contributed by atoms with Gasteiger partial charge in [-0.3, -0.25) is 14.3 Å². The van der Waals surface area contributed by atoms with Crippen LogP contribution in [0.1, 0.15) is 11.1 Å². The average Bonchev–Trinajstić information content (AvgIpc) is 2.37. The van der Waals surface area contributed by atoms with Gasteiger partial charge in [-0.2, -0.15) is 5.26 Å². The monoisotopic (exact) mass is 263 g/mol. The molecule has 19 heavy (non-hydrogen) atoms. The Kier molecular flexibility index (Phi) is 3.00. The van der Waals surface area contributed by atoms with Gasteiger partial charge in [0.1, 0.15) is 23.1 Å². The van der Waals surface area contributed by atoms with Gasteiger partial charge in [-0.15, -0.1) is 0 Å². The third-order valence-corrected chi connectivity index (χ3v) is 2.56. The van der Waals surface area contributed by atoms with Crippen molar-refractivity contribution in [2.75, 3.05) is 0 Å². The van der Waals surface area contributed by atoms with Gasteiger partial charge in [0.25, 0.3) is 5.56 Å². The third-order valence-electron chi connectivity index (χ3n) is 2.56. The molecule has 0 amide bonds. The number of aryl methyl sites for hydroxylation is 1. The molecule has 0 saturated heterocycles. The summed E-state index contributed by atoms with van der Waals surface area (Å²) < 4.78 is 28.1. The zero-order valence-corrected chi connectivity index (χ0v) is 9.70. The van der Waals surface area contributed by atoms with Crippen molar-refractivity contribution in [2.24, 2.45) is 0 Å². The van der Waals surface area contributed by atoms with Crippen LogP contribution in [0.3, 0.4) is 0 Å². The van der Waals surface area contributed by atoms with Gasteiger partial charge in [-0.25, -0.2) is 13.6 Å². The van der Waals surface area contributed by atoms with E-state index in [2.05, 4.69) is 0 Å². The Morgan fingerprint density at radius 2 is 2.00 bits per heavy atom. The molecule has 0 bridgehead atoms. The van der Waals surface area contributed by atoms with Gasteiger partial charge in [-0.05, 0) is 18.6 Å². The molecule has 0 spiro atoms. The van der Waals surface area contributed by atoms with Crippen LogP contribution < -0.4 is 11.2 Å². The molecule has 0 radical (unpaired) electrons. The fourth-order valence-corrected chi connectivity index (χ4v) is 1.58. The molecule has 2 rings (SSSR count). The summed E-state index contributed by atoms with van der Waals surface area (Å²) in [5.41, 5.74) is -2.84. The first kappa shape index (κ1) is 12.7. The Morgan fingerprint density at radius 1 is 1.32 bits per heavy atom. The zero-order valence-electron chi connectivity index (χ0n) is 9.70. The molecule has 0 aliphatic carbocycles. The van der Waals surface area contributed by atoms with E-state index in [4.69, 9.17) is 5.26 Å². The van der Waals surface area contributed by atoms with E-state index < -0.39 is 34.1 Å². The van der Waals surface area contributed by atoms with E-state index in [0.29, 0.717) is 4.57 Å². The van der Waals surface area contributed by atoms with Crippen molar-refractivity contribution in [2.45, 2.75) is 6.92 Å². The van der Waals surface area contributed by atoms with Gasteiger partial charge in [0.2, 0.25) is 0 Å². The minimum absolute atomic E-state index is 0.132. The molecule has 2 aromatic rings. The summed E-state index contributed by atoms with van der Waals surface area (Å²) in [4.78, 5) is 24.6. The molecular formula is C12H7F2N3O2. The number of hydrogen-bond donors (Lipinski definition) is 1. The van der Waals surface area contributed by atoms with E-state index in [1.807, 2.05) is 4.98 Å². The molecule has 0 aliphatic heterocycles. The predicted octanol–water partition coefficient (Wildman–Crippen LogP) is 0.984. The van der Waals surface area contributed by atoms with Crippen LogP contribution in [0.5, 0.6) is 0 Å². The van der Waals surface area contributed by atoms with E-state index in [-0.39, 0.29) is 5.56 Å². The van der Waals surface area contributed by atoms with Gasteiger partial charge in [0.15, 0.2) is 5.82 Å². The molecule has 5 nitrogen and oxygen atoms in total. The molecule has 7 heteroatoms. The van der Waals surface area contributed by atoms with E-state index >= 15 is 0 Å². The lowest BCUT2D eigenvalue weighted by Crippen LogP contribution is -2.31. The number of nitrogens with one attached hydrogen (secondary N) is 1. The van der Waals surface area contributed by atoms with Crippen LogP contribution in [0.15, 0.2) is 27.9 Å². The molecule has 1 aromatic carbocycles. The summed E-state index contributed by atoms with van der Waals surface area (Å²) in [5, 5.41) is 8.70. The summed E-state index contributed by atoms with van der Waals surface area (Å²) in [6.45, 7) is 1.40. The van der Waals surface area contributed by atoms with Crippen molar-refractivity contribution >= 4 is 0 Å². The van der Waals surface area contributed by atoms with Crippen molar-refractivity contribution in [3.63, 3.8) is 0 Å². The van der Waals surface area contributed by atoms with Crippen LogP contribution in [0.25, 0.3) is 5.69 Å². The lowest BCUT2D eigenvalue weighted by molar-refractivity contribution is 0.559. The van der Waals surface area contributed by atoms with Crippen molar-refractivity contribution < 1.29 is 8.78 Å². The molecule has 1 heterocycles. The van der Waals surface area contributed by atoms with Crippen LogP contribution in [-0.4, -0.2) is 9.55 Å². The Morgan fingerprint density at radius 3 is 2.63 bits per heavy atom. The standard InChI is InChI=1S/C12H7F2N3O2/c1-6-2-3-8(13)10(9(6)14)17-5-7(4-15)11(18)16-12(17)19/h2-3,5H,1H3,(H,16,18,19). The Balaban J connectivity index is 2.88. The maximum Gasteiger partial charge on any atom is 0.333 e. The topological polar surface area (TPSA) is 78.7 Å². The van der Waals surface area contributed by atoms with Crippen molar-refractivity contribution in [1.29, 1.82) is 5.26 Å². The van der Waals surface area contributed by atoms with Gasteiger partial charge in [0.05, 0.1) is 0 Å². The summed E-state index contributed by atoms with van der Waals surface area (Å²) in [6.07, 6.45) is 0.808. The van der Waals surface area contributed by atoms with E-state index in [1.165, 1.54) is 19.1 Å². The van der Waals surface area contributed by atoms with Gasteiger partial charge < -0.3 is 0 Å². The molecule has 96 valence electrons. The normalized spacial score (nSPS) is 10.2. The molecule has 0 unspecified atom stereocenters. The van der Waals surface area contributed by atoms with Crippen LogP contribution in [0.2, 0.25) is 0 Å². The quantitative estimate of drug-likeness (QED) is 0.833. The average molecular weight is 263 g/mol. The number of rotatable bonds is 1. The highest BCUT2D eigenvalue weighted by molar-refractivity contribution is 5.40. The smallest absolute Gasteiger partial charge is 0.273 e. The number of nitriles is 1.